The molecule has 0 saturated carbocycles. The third-order valence-electron chi connectivity index (χ3n) is 3.74. The van der Waals surface area contributed by atoms with E-state index >= 15 is 0 Å². The molecule has 0 aromatic heterocycles. The summed E-state index contributed by atoms with van der Waals surface area (Å²) in [6, 6.07) is 5.60. The number of Topliss-reactive ketones (excluding diaryl/α,β-unsaturated/α-hetero) is 1. The highest BCUT2D eigenvalue weighted by Gasteiger charge is 2.32. The van der Waals surface area contributed by atoms with Crippen LogP contribution in [-0.4, -0.2) is 28.6 Å². The number of fused-ring (bicyclic) bond motifs is 1. The van der Waals surface area contributed by atoms with E-state index in [4.69, 9.17) is 0 Å². The van der Waals surface area contributed by atoms with E-state index in [2.05, 4.69) is 0 Å². The number of amides is 1. The van der Waals surface area contributed by atoms with Crippen molar-refractivity contribution in [1.82, 2.24) is 0 Å². The molecule has 1 aliphatic heterocycles. The first-order valence-corrected chi connectivity index (χ1v) is 7.56. The summed E-state index contributed by atoms with van der Waals surface area (Å²) < 4.78 is 0. The van der Waals surface area contributed by atoms with Crippen molar-refractivity contribution in [3.05, 3.63) is 29.3 Å². The molecule has 2 aliphatic rings. The molecule has 0 radical (unpaired) electrons. The third-order valence-corrected chi connectivity index (χ3v) is 4.73. The van der Waals surface area contributed by atoms with Crippen molar-refractivity contribution in [2.45, 2.75) is 31.4 Å². The highest BCUT2D eigenvalue weighted by molar-refractivity contribution is 8.14. The van der Waals surface area contributed by atoms with Crippen LogP contribution in [0.3, 0.4) is 0 Å². The Morgan fingerprint density at radius 1 is 1.30 bits per heavy atom. The molecule has 1 atom stereocenters. The van der Waals surface area contributed by atoms with Gasteiger partial charge in [0.05, 0.1) is 0 Å². The summed E-state index contributed by atoms with van der Waals surface area (Å²) in [7, 11) is 0. The first kappa shape index (κ1) is 13.4. The molecule has 5 heteroatoms. The minimum absolute atomic E-state index is 0.0369. The van der Waals surface area contributed by atoms with Crippen LogP contribution in [0.25, 0.3) is 0 Å². The van der Waals surface area contributed by atoms with E-state index in [0.717, 1.165) is 23.2 Å². The molecule has 0 N–H and O–H groups in total. The summed E-state index contributed by atoms with van der Waals surface area (Å²) in [6.45, 7) is 2.09. The van der Waals surface area contributed by atoms with E-state index in [1.807, 2.05) is 18.2 Å². The number of rotatable bonds is 2. The fraction of sp³-hybridized carbons (Fsp3) is 0.400. The van der Waals surface area contributed by atoms with E-state index in [1.165, 1.54) is 18.7 Å². The summed E-state index contributed by atoms with van der Waals surface area (Å²) >= 11 is 1.23. The number of thioether (sulfide) groups is 1. The Kier molecular flexibility index (Phi) is 3.38. The highest BCUT2D eigenvalue weighted by atomic mass is 32.2. The molecule has 0 spiro atoms. The van der Waals surface area contributed by atoms with Crippen LogP contribution >= 0.6 is 11.8 Å². The summed E-state index contributed by atoms with van der Waals surface area (Å²) in [5, 5.41) is 0.0825. The van der Waals surface area contributed by atoms with Crippen molar-refractivity contribution >= 4 is 34.3 Å². The summed E-state index contributed by atoms with van der Waals surface area (Å²) in [4.78, 5) is 36.5. The lowest BCUT2D eigenvalue weighted by molar-refractivity contribution is -0.117. The number of hydrogen-bond donors (Lipinski definition) is 0. The van der Waals surface area contributed by atoms with Gasteiger partial charge in [0.15, 0.2) is 10.9 Å². The molecule has 0 bridgehead atoms. The lowest BCUT2D eigenvalue weighted by atomic mass is 10.1. The van der Waals surface area contributed by atoms with Gasteiger partial charge in [0.25, 0.3) is 0 Å². The topological polar surface area (TPSA) is 54.5 Å². The fourth-order valence-electron chi connectivity index (χ4n) is 2.85. The Bertz CT molecular complexity index is 611. The van der Waals surface area contributed by atoms with E-state index in [0.29, 0.717) is 19.4 Å². The van der Waals surface area contributed by atoms with Gasteiger partial charge < -0.3 is 4.90 Å². The zero-order valence-electron chi connectivity index (χ0n) is 11.2. The van der Waals surface area contributed by atoms with Gasteiger partial charge in [0.1, 0.15) is 0 Å². The molecule has 104 valence electrons. The maximum Gasteiger partial charge on any atom is 0.228 e. The second kappa shape index (κ2) is 5.05. The maximum atomic E-state index is 12.1. The maximum absolute atomic E-state index is 12.1. The number of aryl methyl sites for hydroxylation is 1. The molecule has 1 amide bonds. The van der Waals surface area contributed by atoms with Gasteiger partial charge in [-0.15, -0.1) is 0 Å². The Labute approximate surface area is 121 Å². The van der Waals surface area contributed by atoms with Crippen molar-refractivity contribution in [3.8, 4) is 0 Å². The van der Waals surface area contributed by atoms with Crippen molar-refractivity contribution in [1.29, 1.82) is 0 Å². The van der Waals surface area contributed by atoms with Gasteiger partial charge in [-0.3, -0.25) is 14.4 Å². The average molecular weight is 289 g/mol. The molecule has 1 heterocycles. The van der Waals surface area contributed by atoms with Crippen LogP contribution in [0.2, 0.25) is 0 Å². The predicted molar refractivity (Wildman–Crippen MR) is 78.1 cm³/mol. The van der Waals surface area contributed by atoms with Gasteiger partial charge >= 0.3 is 0 Å². The smallest absolute Gasteiger partial charge is 0.228 e. The summed E-state index contributed by atoms with van der Waals surface area (Å²) in [5.41, 5.74) is 2.66. The molecule has 20 heavy (non-hydrogen) atoms. The quantitative estimate of drug-likeness (QED) is 0.837. The molecule has 4 nitrogen and oxygen atoms in total. The van der Waals surface area contributed by atoms with Gasteiger partial charge in [-0.25, -0.2) is 0 Å². The zero-order valence-corrected chi connectivity index (χ0v) is 12.0. The second-order valence-electron chi connectivity index (χ2n) is 5.20. The lowest BCUT2D eigenvalue weighted by Crippen LogP contribution is -2.25. The number of carbonyl (C=O) groups is 3. The van der Waals surface area contributed by atoms with E-state index in [1.54, 1.807) is 4.90 Å². The zero-order chi connectivity index (χ0) is 14.3. The number of nitrogens with zero attached hydrogens (tertiary/aromatic N) is 1. The third kappa shape index (κ3) is 2.38. The standard InChI is InChI=1S/C15H15NO3S/c1-9(17)20-12-7-15(19)16(8-12)11-3-4-13-10(6-11)2-5-14(13)18/h3-4,6,12H,2,5,7-8H2,1H3. The van der Waals surface area contributed by atoms with E-state index in [-0.39, 0.29) is 22.1 Å². The Morgan fingerprint density at radius 2 is 2.10 bits per heavy atom. The van der Waals surface area contributed by atoms with Gasteiger partial charge in [-0.1, -0.05) is 11.8 Å². The number of benzene rings is 1. The minimum Gasteiger partial charge on any atom is -0.311 e. The van der Waals surface area contributed by atoms with Crippen LogP contribution in [0.5, 0.6) is 0 Å². The molecular weight excluding hydrogens is 274 g/mol. The Hall–Kier alpha value is -1.62. The first-order valence-electron chi connectivity index (χ1n) is 6.68. The average Bonchev–Trinajstić information content (AvgIpc) is 2.92. The second-order valence-corrected chi connectivity index (χ2v) is 6.68. The number of anilines is 1. The van der Waals surface area contributed by atoms with E-state index in [9.17, 15) is 14.4 Å². The fourth-order valence-corrected chi connectivity index (χ4v) is 3.77. The summed E-state index contributed by atoms with van der Waals surface area (Å²) in [5.74, 6) is 0.234. The molecule has 3 rings (SSSR count). The molecule has 1 aromatic carbocycles. The number of carbonyl (C=O) groups excluding carboxylic acids is 3. The molecule has 1 saturated heterocycles. The van der Waals surface area contributed by atoms with Crippen molar-refractivity contribution < 1.29 is 14.4 Å². The summed E-state index contributed by atoms with van der Waals surface area (Å²) in [6.07, 6.45) is 1.73. The highest BCUT2D eigenvalue weighted by Crippen LogP contribution is 2.32. The van der Waals surface area contributed by atoms with Crippen LogP contribution in [0.1, 0.15) is 35.7 Å². The minimum atomic E-state index is 0.0369. The van der Waals surface area contributed by atoms with Gasteiger partial charge in [-0.05, 0) is 30.2 Å². The van der Waals surface area contributed by atoms with Crippen molar-refractivity contribution in [2.24, 2.45) is 0 Å². The van der Waals surface area contributed by atoms with Crippen LogP contribution in [-0.2, 0) is 16.0 Å². The van der Waals surface area contributed by atoms with Crippen molar-refractivity contribution in [3.63, 3.8) is 0 Å². The van der Waals surface area contributed by atoms with Crippen LogP contribution in [0.15, 0.2) is 18.2 Å². The van der Waals surface area contributed by atoms with Crippen LogP contribution < -0.4 is 4.90 Å². The van der Waals surface area contributed by atoms with Gasteiger partial charge in [0.2, 0.25) is 5.91 Å². The molecule has 1 fully saturated rings. The van der Waals surface area contributed by atoms with Gasteiger partial charge in [0, 0.05) is 42.8 Å². The predicted octanol–water partition coefficient (Wildman–Crippen LogP) is 2.20. The van der Waals surface area contributed by atoms with Crippen molar-refractivity contribution in [2.75, 3.05) is 11.4 Å². The molecular formula is C15H15NO3S. The first-order chi connectivity index (χ1) is 9.54. The molecule has 1 unspecified atom stereocenters. The molecule has 1 aliphatic carbocycles. The normalized spacial score (nSPS) is 21.4. The Morgan fingerprint density at radius 3 is 2.85 bits per heavy atom. The van der Waals surface area contributed by atoms with Crippen LogP contribution in [0.4, 0.5) is 5.69 Å². The number of hydrogen-bond acceptors (Lipinski definition) is 4. The monoisotopic (exact) mass is 289 g/mol. The lowest BCUT2D eigenvalue weighted by Gasteiger charge is -2.17. The largest absolute Gasteiger partial charge is 0.311 e. The molecule has 1 aromatic rings. The van der Waals surface area contributed by atoms with E-state index < -0.39 is 0 Å². The van der Waals surface area contributed by atoms with Gasteiger partial charge in [-0.2, -0.15) is 0 Å². The Balaban J connectivity index is 1.82. The number of ketones is 1. The van der Waals surface area contributed by atoms with Crippen LogP contribution in [0, 0.1) is 0 Å². The SMILES string of the molecule is CC(=O)SC1CC(=O)N(c2ccc3c(c2)CCC3=O)C1.